The summed E-state index contributed by atoms with van der Waals surface area (Å²) in [6, 6.07) is 4.85. The molecule has 5 nitrogen and oxygen atoms in total. The number of phenols is 1. The average Bonchev–Trinajstić information content (AvgIpc) is 2.76. The van der Waals surface area contributed by atoms with E-state index in [4.69, 9.17) is 0 Å². The van der Waals surface area contributed by atoms with Gasteiger partial charge in [0.2, 0.25) is 0 Å². The Balaban J connectivity index is 2.39. The number of carboxylic acids is 1. The van der Waals surface area contributed by atoms with Crippen molar-refractivity contribution >= 4 is 5.97 Å². The molecule has 1 aliphatic rings. The number of carbonyl (C=O) groups is 1. The predicted molar refractivity (Wildman–Crippen MR) is 76.3 cm³/mol. The minimum Gasteiger partial charge on any atom is -0.507 e. The maximum Gasteiger partial charge on any atom is 0.339 e. The lowest BCUT2D eigenvalue weighted by molar-refractivity contribution is 0.0686. The average molecular weight is 276 g/mol. The van der Waals surface area contributed by atoms with Crippen LogP contribution in [0.15, 0.2) is 30.6 Å². The smallest absolute Gasteiger partial charge is 0.339 e. The number of benzene rings is 1. The topological polar surface area (TPSA) is 64.0 Å². The fourth-order valence-electron chi connectivity index (χ4n) is 2.53. The second kappa shape index (κ2) is 5.86. The Morgan fingerprint density at radius 3 is 2.75 bits per heavy atom. The van der Waals surface area contributed by atoms with E-state index >= 15 is 0 Å². The zero-order chi connectivity index (χ0) is 14.7. The molecule has 1 aromatic rings. The van der Waals surface area contributed by atoms with Crippen LogP contribution in [0.3, 0.4) is 0 Å². The number of rotatable bonds is 5. The maximum absolute atomic E-state index is 11.4. The van der Waals surface area contributed by atoms with E-state index in [9.17, 15) is 15.0 Å². The standard InChI is InChI=1S/C15H20N2O3/c1-3-4-8-17-10-9-16(2)14(17)11-6-5-7-12(18)13(11)15(19)20/h5-7,9-10,14,18H,3-4,8H2,1-2H3,(H,19,20). The monoisotopic (exact) mass is 276 g/mol. The molecule has 20 heavy (non-hydrogen) atoms. The Morgan fingerprint density at radius 2 is 2.10 bits per heavy atom. The van der Waals surface area contributed by atoms with Crippen molar-refractivity contribution in [1.82, 2.24) is 9.80 Å². The van der Waals surface area contributed by atoms with Crippen molar-refractivity contribution in [1.29, 1.82) is 0 Å². The lowest BCUT2D eigenvalue weighted by Crippen LogP contribution is -2.30. The lowest BCUT2D eigenvalue weighted by Gasteiger charge is -2.31. The molecule has 1 heterocycles. The summed E-state index contributed by atoms with van der Waals surface area (Å²) < 4.78 is 0. The molecular formula is C15H20N2O3. The molecule has 0 bridgehead atoms. The minimum atomic E-state index is -1.10. The first kappa shape index (κ1) is 14.2. The highest BCUT2D eigenvalue weighted by molar-refractivity contribution is 5.92. The van der Waals surface area contributed by atoms with E-state index in [1.807, 2.05) is 24.3 Å². The van der Waals surface area contributed by atoms with Crippen LogP contribution >= 0.6 is 0 Å². The number of hydrogen-bond donors (Lipinski definition) is 2. The summed E-state index contributed by atoms with van der Waals surface area (Å²) >= 11 is 0. The van der Waals surface area contributed by atoms with Gasteiger partial charge in [-0.1, -0.05) is 25.5 Å². The molecule has 0 spiro atoms. The largest absolute Gasteiger partial charge is 0.507 e. The van der Waals surface area contributed by atoms with E-state index in [-0.39, 0.29) is 17.5 Å². The number of unbranched alkanes of at least 4 members (excludes halogenated alkanes) is 1. The molecule has 0 saturated carbocycles. The molecule has 2 rings (SSSR count). The van der Waals surface area contributed by atoms with Crippen LogP contribution in [0.2, 0.25) is 0 Å². The molecule has 1 aromatic carbocycles. The first-order valence-corrected chi connectivity index (χ1v) is 6.77. The van der Waals surface area contributed by atoms with Gasteiger partial charge in [0, 0.05) is 31.6 Å². The summed E-state index contributed by atoms with van der Waals surface area (Å²) in [6.45, 7) is 2.98. The van der Waals surface area contributed by atoms with Gasteiger partial charge in [0.25, 0.3) is 0 Å². The van der Waals surface area contributed by atoms with Crippen LogP contribution in [0.5, 0.6) is 5.75 Å². The second-order valence-electron chi connectivity index (χ2n) is 4.98. The van der Waals surface area contributed by atoms with Crippen LogP contribution in [0.25, 0.3) is 0 Å². The third-order valence-corrected chi connectivity index (χ3v) is 3.53. The molecule has 108 valence electrons. The fourth-order valence-corrected chi connectivity index (χ4v) is 2.53. The number of carboxylic acid groups (broad SMARTS) is 1. The quantitative estimate of drug-likeness (QED) is 0.865. The van der Waals surface area contributed by atoms with E-state index in [1.165, 1.54) is 6.07 Å². The first-order chi connectivity index (χ1) is 9.56. The van der Waals surface area contributed by atoms with Gasteiger partial charge in [-0.25, -0.2) is 4.79 Å². The van der Waals surface area contributed by atoms with Crippen molar-refractivity contribution in [2.45, 2.75) is 25.9 Å². The summed E-state index contributed by atoms with van der Waals surface area (Å²) in [5.74, 6) is -1.29. The highest BCUT2D eigenvalue weighted by atomic mass is 16.4. The van der Waals surface area contributed by atoms with Gasteiger partial charge >= 0.3 is 5.97 Å². The fraction of sp³-hybridized carbons (Fsp3) is 0.400. The van der Waals surface area contributed by atoms with Crippen LogP contribution < -0.4 is 0 Å². The van der Waals surface area contributed by atoms with Gasteiger partial charge in [-0.3, -0.25) is 0 Å². The van der Waals surface area contributed by atoms with Gasteiger partial charge < -0.3 is 20.0 Å². The Hall–Kier alpha value is -2.17. The summed E-state index contributed by atoms with van der Waals surface area (Å²) in [5.41, 5.74) is 0.593. The van der Waals surface area contributed by atoms with E-state index in [0.29, 0.717) is 5.56 Å². The number of hydrogen-bond acceptors (Lipinski definition) is 4. The number of aromatic carboxylic acids is 1. The van der Waals surface area contributed by atoms with E-state index in [1.54, 1.807) is 12.1 Å². The van der Waals surface area contributed by atoms with Gasteiger partial charge in [0.05, 0.1) is 0 Å². The van der Waals surface area contributed by atoms with Crippen LogP contribution in [-0.4, -0.2) is 39.6 Å². The van der Waals surface area contributed by atoms with Gasteiger partial charge in [-0.2, -0.15) is 0 Å². The normalized spacial score (nSPS) is 17.8. The van der Waals surface area contributed by atoms with E-state index in [2.05, 4.69) is 11.8 Å². The van der Waals surface area contributed by atoms with Crippen molar-refractivity contribution in [3.05, 3.63) is 41.7 Å². The SMILES string of the molecule is CCCCN1C=CN(C)C1c1cccc(O)c1C(=O)O. The number of nitrogens with zero attached hydrogens (tertiary/aromatic N) is 2. The van der Waals surface area contributed by atoms with Crippen LogP contribution in [0.4, 0.5) is 0 Å². The minimum absolute atomic E-state index is 0.0189. The highest BCUT2D eigenvalue weighted by Gasteiger charge is 2.30. The van der Waals surface area contributed by atoms with Gasteiger partial charge in [0.15, 0.2) is 0 Å². The molecule has 2 N–H and O–H groups in total. The predicted octanol–water partition coefficient (Wildman–Crippen LogP) is 2.61. The van der Waals surface area contributed by atoms with Crippen LogP contribution in [0, 0.1) is 0 Å². The maximum atomic E-state index is 11.4. The summed E-state index contributed by atoms with van der Waals surface area (Å²) in [7, 11) is 1.91. The third kappa shape index (κ3) is 2.57. The molecule has 5 heteroatoms. The summed E-state index contributed by atoms with van der Waals surface area (Å²) in [4.78, 5) is 15.5. The molecule has 1 unspecified atom stereocenters. The molecule has 0 aliphatic carbocycles. The molecule has 0 radical (unpaired) electrons. The highest BCUT2D eigenvalue weighted by Crippen LogP contribution is 2.34. The van der Waals surface area contributed by atoms with E-state index in [0.717, 1.165) is 19.4 Å². The van der Waals surface area contributed by atoms with Crippen LogP contribution in [-0.2, 0) is 0 Å². The molecule has 0 saturated heterocycles. The Morgan fingerprint density at radius 1 is 1.35 bits per heavy atom. The lowest BCUT2D eigenvalue weighted by atomic mass is 10.0. The Bertz CT molecular complexity index is 528. The summed E-state index contributed by atoms with van der Waals surface area (Å²) in [5, 5.41) is 19.2. The zero-order valence-electron chi connectivity index (χ0n) is 11.8. The van der Waals surface area contributed by atoms with Crippen molar-refractivity contribution in [3.8, 4) is 5.75 Å². The second-order valence-corrected chi connectivity index (χ2v) is 4.98. The van der Waals surface area contributed by atoms with Crippen molar-refractivity contribution in [2.75, 3.05) is 13.6 Å². The third-order valence-electron chi connectivity index (χ3n) is 3.53. The zero-order valence-corrected chi connectivity index (χ0v) is 11.8. The van der Waals surface area contributed by atoms with Gasteiger partial charge in [0.1, 0.15) is 17.5 Å². The molecule has 1 aliphatic heterocycles. The van der Waals surface area contributed by atoms with Gasteiger partial charge in [-0.15, -0.1) is 0 Å². The van der Waals surface area contributed by atoms with Crippen molar-refractivity contribution in [2.24, 2.45) is 0 Å². The van der Waals surface area contributed by atoms with Crippen molar-refractivity contribution < 1.29 is 15.0 Å². The molecule has 0 aromatic heterocycles. The van der Waals surface area contributed by atoms with E-state index < -0.39 is 5.97 Å². The Kier molecular flexibility index (Phi) is 4.17. The molecule has 1 atom stereocenters. The van der Waals surface area contributed by atoms with Crippen molar-refractivity contribution in [3.63, 3.8) is 0 Å². The first-order valence-electron chi connectivity index (χ1n) is 6.77. The van der Waals surface area contributed by atoms with Crippen LogP contribution in [0.1, 0.15) is 41.9 Å². The summed E-state index contributed by atoms with van der Waals surface area (Å²) in [6.07, 6.45) is 5.83. The number of aromatic hydroxyl groups is 1. The molecule has 0 fully saturated rings. The van der Waals surface area contributed by atoms with Gasteiger partial charge in [-0.05, 0) is 12.5 Å². The Labute approximate surface area is 118 Å². The molecule has 0 amide bonds. The molecular weight excluding hydrogens is 256 g/mol.